The lowest BCUT2D eigenvalue weighted by atomic mass is 9.99. The van der Waals surface area contributed by atoms with Crippen LogP contribution in [0.2, 0.25) is 0 Å². The molecule has 0 atom stereocenters. The van der Waals surface area contributed by atoms with E-state index in [2.05, 4.69) is 10.7 Å². The molecule has 3 nitrogen and oxygen atoms in total. The summed E-state index contributed by atoms with van der Waals surface area (Å²) < 4.78 is 0. The zero-order chi connectivity index (χ0) is 11.5. The normalized spacial score (nSPS) is 14.0. The van der Waals surface area contributed by atoms with E-state index in [9.17, 15) is 4.79 Å². The maximum atomic E-state index is 11.1. The molecule has 0 saturated carbocycles. The van der Waals surface area contributed by atoms with Gasteiger partial charge in [-0.3, -0.25) is 4.79 Å². The number of thiocyanates is 1. The minimum absolute atomic E-state index is 0.0709. The van der Waals surface area contributed by atoms with Gasteiger partial charge in [0.05, 0.1) is 4.90 Å². The van der Waals surface area contributed by atoms with Crippen molar-refractivity contribution in [3.8, 4) is 5.40 Å². The lowest BCUT2D eigenvalue weighted by Crippen LogP contribution is -2.05. The molecule has 84 valence electrons. The van der Waals surface area contributed by atoms with Crippen molar-refractivity contribution >= 4 is 34.0 Å². The molecule has 0 fully saturated rings. The van der Waals surface area contributed by atoms with Gasteiger partial charge in [0.15, 0.2) is 0 Å². The average Bonchev–Trinajstić information content (AvgIpc) is 2.57. The summed E-state index contributed by atoms with van der Waals surface area (Å²) in [5.74, 6) is -0.0709. The molecule has 16 heavy (non-hydrogen) atoms. The highest BCUT2D eigenvalue weighted by atomic mass is 32.2. The van der Waals surface area contributed by atoms with Crippen LogP contribution in [-0.4, -0.2) is 5.91 Å². The van der Waals surface area contributed by atoms with E-state index in [1.807, 2.05) is 0 Å². The fourth-order valence-corrected chi connectivity index (χ4v) is 4.06. The number of thiophene rings is 1. The molecule has 1 aliphatic carbocycles. The first kappa shape index (κ1) is 11.5. The molecule has 0 bridgehead atoms. The molecule has 0 aromatic carbocycles. The van der Waals surface area contributed by atoms with Gasteiger partial charge >= 0.3 is 0 Å². The second kappa shape index (κ2) is 4.89. The number of nitriles is 1. The molecule has 1 N–H and O–H groups in total. The lowest BCUT2D eigenvalue weighted by Gasteiger charge is -2.10. The van der Waals surface area contributed by atoms with Crippen LogP contribution in [0.3, 0.4) is 0 Å². The molecular formula is C11H12N2OS2. The van der Waals surface area contributed by atoms with Gasteiger partial charge in [-0.05, 0) is 43.0 Å². The number of carbonyl (C=O) groups excluding carboxylic acids is 1. The first-order valence-corrected chi connectivity index (χ1v) is 6.83. The monoisotopic (exact) mass is 252 g/mol. The average molecular weight is 252 g/mol. The molecule has 1 heterocycles. The maximum absolute atomic E-state index is 11.1. The topological polar surface area (TPSA) is 52.9 Å². The Labute approximate surface area is 103 Å². The molecule has 0 spiro atoms. The third-order valence-corrected chi connectivity index (χ3v) is 4.64. The van der Waals surface area contributed by atoms with E-state index in [1.165, 1.54) is 42.0 Å². The second-order valence-electron chi connectivity index (χ2n) is 3.74. The fraction of sp³-hybridized carbons (Fsp3) is 0.455. The van der Waals surface area contributed by atoms with Gasteiger partial charge in [-0.2, -0.15) is 5.26 Å². The van der Waals surface area contributed by atoms with Gasteiger partial charge < -0.3 is 5.32 Å². The Bertz CT molecular complexity index is 459. The first-order chi connectivity index (χ1) is 7.72. The summed E-state index contributed by atoms with van der Waals surface area (Å²) >= 11 is 2.79. The molecule has 0 radical (unpaired) electrons. The Morgan fingerprint density at radius 2 is 2.25 bits per heavy atom. The minimum Gasteiger partial charge on any atom is -0.317 e. The predicted molar refractivity (Wildman–Crippen MR) is 66.7 cm³/mol. The summed E-state index contributed by atoms with van der Waals surface area (Å²) in [4.78, 5) is 13.4. The number of amides is 1. The molecule has 1 aromatic rings. The van der Waals surface area contributed by atoms with Crippen molar-refractivity contribution in [3.63, 3.8) is 0 Å². The Morgan fingerprint density at radius 3 is 2.94 bits per heavy atom. The number of aryl methyl sites for hydroxylation is 1. The van der Waals surface area contributed by atoms with Gasteiger partial charge in [0.2, 0.25) is 5.91 Å². The molecule has 0 aliphatic heterocycles. The van der Waals surface area contributed by atoms with Crippen molar-refractivity contribution in [2.75, 3.05) is 5.32 Å². The zero-order valence-electron chi connectivity index (χ0n) is 9.00. The van der Waals surface area contributed by atoms with Gasteiger partial charge in [-0.25, -0.2) is 0 Å². The van der Waals surface area contributed by atoms with Crippen LogP contribution in [0.25, 0.3) is 0 Å². The summed E-state index contributed by atoms with van der Waals surface area (Å²) in [6.45, 7) is 1.50. The predicted octanol–water partition coefficient (Wildman–Crippen LogP) is 3.16. The van der Waals surface area contributed by atoms with Crippen LogP contribution in [0.5, 0.6) is 0 Å². The first-order valence-electron chi connectivity index (χ1n) is 5.20. The number of nitrogens with zero attached hydrogens (tertiary/aromatic N) is 1. The van der Waals surface area contributed by atoms with Gasteiger partial charge in [0.25, 0.3) is 0 Å². The molecule has 0 unspecified atom stereocenters. The second-order valence-corrected chi connectivity index (χ2v) is 5.64. The molecule has 5 heteroatoms. The van der Waals surface area contributed by atoms with Crippen LogP contribution in [0.4, 0.5) is 5.00 Å². The number of nitrogens with one attached hydrogen (secondary N) is 1. The van der Waals surface area contributed by atoms with Crippen LogP contribution in [0.15, 0.2) is 4.90 Å². The summed E-state index contributed by atoms with van der Waals surface area (Å²) in [7, 11) is 0. The van der Waals surface area contributed by atoms with Crippen LogP contribution >= 0.6 is 23.1 Å². The zero-order valence-corrected chi connectivity index (χ0v) is 10.6. The van der Waals surface area contributed by atoms with Gasteiger partial charge in [0.1, 0.15) is 10.4 Å². The number of rotatable bonds is 2. The van der Waals surface area contributed by atoms with Gasteiger partial charge in [-0.1, -0.05) is 0 Å². The Morgan fingerprint density at radius 1 is 1.50 bits per heavy atom. The summed E-state index contributed by atoms with van der Waals surface area (Å²) in [5.41, 5.74) is 1.28. The number of thioether (sulfide) groups is 1. The summed E-state index contributed by atoms with van der Waals surface area (Å²) in [5, 5.41) is 14.6. The van der Waals surface area contributed by atoms with Crippen molar-refractivity contribution < 1.29 is 4.79 Å². The SMILES string of the molecule is CC(=O)Nc1sc2c(c1SC#N)CCCC2. The van der Waals surface area contributed by atoms with Crippen LogP contribution < -0.4 is 5.32 Å². The van der Waals surface area contributed by atoms with E-state index in [0.29, 0.717) is 0 Å². The molecule has 1 aromatic heterocycles. The van der Waals surface area contributed by atoms with E-state index in [1.54, 1.807) is 11.3 Å². The van der Waals surface area contributed by atoms with Crippen LogP contribution in [0, 0.1) is 10.7 Å². The minimum atomic E-state index is -0.0709. The Kier molecular flexibility index (Phi) is 3.52. The highest BCUT2D eigenvalue weighted by molar-refractivity contribution is 8.04. The third kappa shape index (κ3) is 2.23. The quantitative estimate of drug-likeness (QED) is 0.649. The number of anilines is 1. The largest absolute Gasteiger partial charge is 0.317 e. The smallest absolute Gasteiger partial charge is 0.221 e. The Hall–Kier alpha value is -0.990. The molecule has 1 amide bonds. The highest BCUT2D eigenvalue weighted by Crippen LogP contribution is 2.43. The number of fused-ring (bicyclic) bond motifs is 1. The summed E-state index contributed by atoms with van der Waals surface area (Å²) in [6, 6.07) is 0. The molecule has 1 aliphatic rings. The van der Waals surface area contributed by atoms with Crippen molar-refractivity contribution in [2.24, 2.45) is 0 Å². The Balaban J connectivity index is 2.39. The highest BCUT2D eigenvalue weighted by Gasteiger charge is 2.21. The van der Waals surface area contributed by atoms with E-state index in [-0.39, 0.29) is 5.91 Å². The van der Waals surface area contributed by atoms with Gasteiger partial charge in [0, 0.05) is 11.8 Å². The van der Waals surface area contributed by atoms with Crippen LogP contribution in [0.1, 0.15) is 30.2 Å². The van der Waals surface area contributed by atoms with Crippen LogP contribution in [-0.2, 0) is 17.6 Å². The number of carbonyl (C=O) groups is 1. The van der Waals surface area contributed by atoms with E-state index >= 15 is 0 Å². The number of hydrogen-bond donors (Lipinski definition) is 1. The standard InChI is InChI=1S/C11H12N2OS2/c1-7(14)13-11-10(15-6-12)8-4-2-3-5-9(8)16-11/h2-5H2,1H3,(H,13,14). The lowest BCUT2D eigenvalue weighted by molar-refractivity contribution is -0.114. The van der Waals surface area contributed by atoms with E-state index in [0.717, 1.165) is 22.7 Å². The fourth-order valence-electron chi connectivity index (χ4n) is 1.93. The summed E-state index contributed by atoms with van der Waals surface area (Å²) in [6.07, 6.45) is 4.51. The van der Waals surface area contributed by atoms with Gasteiger partial charge in [-0.15, -0.1) is 11.3 Å². The van der Waals surface area contributed by atoms with E-state index in [4.69, 9.17) is 5.26 Å². The maximum Gasteiger partial charge on any atom is 0.221 e. The molecule has 2 rings (SSSR count). The van der Waals surface area contributed by atoms with E-state index < -0.39 is 0 Å². The molecule has 0 saturated heterocycles. The molecular weight excluding hydrogens is 240 g/mol. The van der Waals surface area contributed by atoms with Crippen molar-refractivity contribution in [3.05, 3.63) is 10.4 Å². The third-order valence-electron chi connectivity index (χ3n) is 2.56. The van der Waals surface area contributed by atoms with Crippen molar-refractivity contribution in [1.29, 1.82) is 5.26 Å². The van der Waals surface area contributed by atoms with Crippen molar-refractivity contribution in [1.82, 2.24) is 0 Å². The number of hydrogen-bond acceptors (Lipinski definition) is 4. The van der Waals surface area contributed by atoms with Crippen molar-refractivity contribution in [2.45, 2.75) is 37.5 Å².